The number of nitrogens with one attached hydrogen (secondary N) is 1. The Kier molecular flexibility index (Phi) is 37.6. The summed E-state index contributed by atoms with van der Waals surface area (Å²) in [5.41, 5.74) is 0. The van der Waals surface area contributed by atoms with E-state index in [4.69, 9.17) is 28.4 Å². The second-order valence-corrected chi connectivity index (χ2v) is 21.8. The lowest BCUT2D eigenvalue weighted by atomic mass is 9.96. The molecule has 0 aromatic rings. The third kappa shape index (κ3) is 25.5. The topological polar surface area (TPSA) is 307 Å². The molecule has 3 aliphatic rings. The molecule has 3 heterocycles. The summed E-state index contributed by atoms with van der Waals surface area (Å²) < 4.78 is 34.2. The Hall–Kier alpha value is -1.47. The van der Waals surface area contributed by atoms with Crippen molar-refractivity contribution in [3.8, 4) is 0 Å². The van der Waals surface area contributed by atoms with Gasteiger partial charge in [-0.25, -0.2) is 0 Å². The zero-order valence-corrected chi connectivity index (χ0v) is 46.5. The Balaban J connectivity index is 1.51. The van der Waals surface area contributed by atoms with Crippen molar-refractivity contribution >= 4 is 5.91 Å². The van der Waals surface area contributed by atoms with Gasteiger partial charge < -0.3 is 89.9 Å². The van der Waals surface area contributed by atoms with Crippen molar-refractivity contribution in [2.75, 3.05) is 26.4 Å². The predicted octanol–water partition coefficient (Wildman–Crippen LogP) is 4.99. The fourth-order valence-electron chi connectivity index (χ4n) is 10.4. The molecule has 0 saturated carbocycles. The first-order chi connectivity index (χ1) is 36.8. The minimum atomic E-state index is -1.97. The molecular formula is C57H107NO18. The van der Waals surface area contributed by atoms with E-state index in [1.54, 1.807) is 6.08 Å². The number of carbonyl (C=O) groups is 1. The number of aliphatic hydroxyl groups excluding tert-OH is 11. The third-order valence-electron chi connectivity index (χ3n) is 15.3. The van der Waals surface area contributed by atoms with Crippen LogP contribution in [0.2, 0.25) is 0 Å². The number of hydrogen-bond donors (Lipinski definition) is 12. The molecule has 3 aliphatic heterocycles. The highest BCUT2D eigenvalue weighted by atomic mass is 16.8. The second kappa shape index (κ2) is 41.5. The van der Waals surface area contributed by atoms with Gasteiger partial charge in [-0.15, -0.1) is 0 Å². The third-order valence-corrected chi connectivity index (χ3v) is 15.3. The lowest BCUT2D eigenvalue weighted by Crippen LogP contribution is -2.66. The van der Waals surface area contributed by atoms with Crippen LogP contribution < -0.4 is 5.32 Å². The highest BCUT2D eigenvalue weighted by molar-refractivity contribution is 5.76. The van der Waals surface area contributed by atoms with E-state index in [-0.39, 0.29) is 18.9 Å². The van der Waals surface area contributed by atoms with Crippen LogP contribution >= 0.6 is 0 Å². The Morgan fingerprint density at radius 1 is 0.461 bits per heavy atom. The second-order valence-electron chi connectivity index (χ2n) is 21.8. The highest BCUT2D eigenvalue weighted by Gasteiger charge is 2.53. The number of ether oxygens (including phenoxy) is 6. The SMILES string of the molecule is CCCCCCCCCCCCCCC/C=C/C(O)C(COC1OC(CO)C(OC2OC(CO)C(OC3OC(CO)C(O)C(O)C3O)C(O)C2O)C(O)C1O)NC(=O)CCCCCCCCCCCCCCCCCC. The monoisotopic (exact) mass is 1090 g/mol. The quantitative estimate of drug-likeness (QED) is 0.0283. The van der Waals surface area contributed by atoms with Crippen LogP contribution in [0, 0.1) is 0 Å². The predicted molar refractivity (Wildman–Crippen MR) is 287 cm³/mol. The van der Waals surface area contributed by atoms with Gasteiger partial charge in [0.2, 0.25) is 5.91 Å². The molecular weight excluding hydrogens is 987 g/mol. The molecule has 17 atom stereocenters. The molecule has 19 nitrogen and oxygen atoms in total. The fraction of sp³-hybridized carbons (Fsp3) is 0.947. The first-order valence-corrected chi connectivity index (χ1v) is 29.9. The standard InChI is InChI=1S/C57H107NO18/c1-3-5-7-9-11-13-15-17-19-21-23-25-27-29-31-33-35-45(63)58-40(41(62)34-32-30-28-26-24-22-20-18-16-14-12-10-8-6-4-2)39-71-55-51(69)48(66)53(43(37-60)73-55)76-57-52(70)49(67)54(44(38-61)74-57)75-56-50(68)47(65)46(64)42(36-59)72-56/h32,34,40-44,46-57,59-62,64-70H,3-31,33,35-39H2,1-2H3,(H,58,63)/b34-32+. The first kappa shape index (κ1) is 68.8. The lowest BCUT2D eigenvalue weighted by Gasteiger charge is -2.48. The van der Waals surface area contributed by atoms with Gasteiger partial charge in [0.1, 0.15) is 73.2 Å². The Bertz CT molecular complexity index is 1450. The molecule has 0 aromatic carbocycles. The number of aliphatic hydroxyl groups is 11. The summed E-state index contributed by atoms with van der Waals surface area (Å²) >= 11 is 0. The maximum absolute atomic E-state index is 13.3. The lowest BCUT2D eigenvalue weighted by molar-refractivity contribution is -0.379. The van der Waals surface area contributed by atoms with Gasteiger partial charge in [0.15, 0.2) is 18.9 Å². The smallest absolute Gasteiger partial charge is 0.220 e. The van der Waals surface area contributed by atoms with E-state index in [0.717, 1.165) is 44.9 Å². The zero-order valence-electron chi connectivity index (χ0n) is 46.5. The van der Waals surface area contributed by atoms with Gasteiger partial charge >= 0.3 is 0 Å². The normalized spacial score (nSPS) is 31.0. The highest BCUT2D eigenvalue weighted by Crippen LogP contribution is 2.33. The minimum absolute atomic E-state index is 0.249. The average Bonchev–Trinajstić information content (AvgIpc) is 3.42. The maximum Gasteiger partial charge on any atom is 0.220 e. The molecule has 17 unspecified atom stereocenters. The summed E-state index contributed by atoms with van der Waals surface area (Å²) in [4.78, 5) is 13.3. The van der Waals surface area contributed by atoms with Crippen molar-refractivity contribution in [3.05, 3.63) is 12.2 Å². The van der Waals surface area contributed by atoms with Crippen molar-refractivity contribution in [2.24, 2.45) is 0 Å². The Labute approximate surface area is 455 Å². The van der Waals surface area contributed by atoms with Gasteiger partial charge in [-0.2, -0.15) is 0 Å². The van der Waals surface area contributed by atoms with Gasteiger partial charge in [-0.3, -0.25) is 4.79 Å². The van der Waals surface area contributed by atoms with Crippen LogP contribution in [-0.2, 0) is 33.2 Å². The van der Waals surface area contributed by atoms with Gasteiger partial charge in [0, 0.05) is 6.42 Å². The van der Waals surface area contributed by atoms with Crippen LogP contribution in [0.4, 0.5) is 0 Å². The van der Waals surface area contributed by atoms with E-state index < -0.39 is 124 Å². The number of rotatable bonds is 44. The zero-order chi connectivity index (χ0) is 55.5. The van der Waals surface area contributed by atoms with Crippen molar-refractivity contribution < 1.29 is 89.4 Å². The molecule has 0 spiro atoms. The van der Waals surface area contributed by atoms with Crippen LogP contribution in [0.5, 0.6) is 0 Å². The molecule has 0 radical (unpaired) electrons. The molecule has 3 fully saturated rings. The number of amides is 1. The summed E-state index contributed by atoms with van der Waals surface area (Å²) in [7, 11) is 0. The van der Waals surface area contributed by atoms with Crippen LogP contribution in [0.1, 0.15) is 213 Å². The van der Waals surface area contributed by atoms with E-state index in [0.29, 0.717) is 6.42 Å². The van der Waals surface area contributed by atoms with Gasteiger partial charge in [-0.05, 0) is 19.3 Å². The fourth-order valence-corrected chi connectivity index (χ4v) is 10.4. The minimum Gasteiger partial charge on any atom is -0.394 e. The summed E-state index contributed by atoms with van der Waals surface area (Å²) in [5, 5.41) is 120. The van der Waals surface area contributed by atoms with Crippen LogP contribution in [-0.4, -0.2) is 193 Å². The van der Waals surface area contributed by atoms with E-state index in [9.17, 15) is 61.0 Å². The van der Waals surface area contributed by atoms with Crippen molar-refractivity contribution in [1.29, 1.82) is 0 Å². The Morgan fingerprint density at radius 2 is 0.816 bits per heavy atom. The summed E-state index contributed by atoms with van der Waals surface area (Å²) in [6.07, 6.45) is 13.3. The molecule has 19 heteroatoms. The largest absolute Gasteiger partial charge is 0.394 e. The van der Waals surface area contributed by atoms with Crippen molar-refractivity contribution in [1.82, 2.24) is 5.32 Å². The van der Waals surface area contributed by atoms with E-state index >= 15 is 0 Å². The summed E-state index contributed by atoms with van der Waals surface area (Å²) in [6, 6.07) is -0.966. The van der Waals surface area contributed by atoms with Crippen molar-refractivity contribution in [3.63, 3.8) is 0 Å². The molecule has 3 rings (SSSR count). The maximum atomic E-state index is 13.3. The van der Waals surface area contributed by atoms with Crippen LogP contribution in [0.3, 0.4) is 0 Å². The first-order valence-electron chi connectivity index (χ1n) is 29.9. The Morgan fingerprint density at radius 3 is 1.24 bits per heavy atom. The molecule has 12 N–H and O–H groups in total. The number of unbranched alkanes of at least 4 members (excludes halogenated alkanes) is 28. The van der Waals surface area contributed by atoms with Crippen LogP contribution in [0.25, 0.3) is 0 Å². The molecule has 0 aliphatic carbocycles. The van der Waals surface area contributed by atoms with Gasteiger partial charge in [-0.1, -0.05) is 199 Å². The number of allylic oxidation sites excluding steroid dienone is 1. The summed E-state index contributed by atoms with van der Waals surface area (Å²) in [5.74, 6) is -0.273. The van der Waals surface area contributed by atoms with Gasteiger partial charge in [0.25, 0.3) is 0 Å². The van der Waals surface area contributed by atoms with Crippen LogP contribution in [0.15, 0.2) is 12.2 Å². The van der Waals surface area contributed by atoms with E-state index in [1.165, 1.54) is 141 Å². The van der Waals surface area contributed by atoms with E-state index in [2.05, 4.69) is 19.2 Å². The number of hydrogen-bond acceptors (Lipinski definition) is 18. The van der Waals surface area contributed by atoms with E-state index in [1.807, 2.05) is 6.08 Å². The number of carbonyl (C=O) groups excluding carboxylic acids is 1. The molecule has 1 amide bonds. The summed E-state index contributed by atoms with van der Waals surface area (Å²) in [6.45, 7) is 1.73. The molecule has 0 aromatic heterocycles. The average molecular weight is 1090 g/mol. The van der Waals surface area contributed by atoms with Gasteiger partial charge in [0.05, 0.1) is 38.6 Å². The van der Waals surface area contributed by atoms with Crippen molar-refractivity contribution in [2.45, 2.75) is 317 Å². The molecule has 448 valence electrons. The molecule has 0 bridgehead atoms. The molecule has 76 heavy (non-hydrogen) atoms. The molecule has 3 saturated heterocycles.